The highest BCUT2D eigenvalue weighted by Gasteiger charge is 2.73. The second kappa shape index (κ2) is 4.94. The zero-order chi connectivity index (χ0) is 16.4. The van der Waals surface area contributed by atoms with Crippen LogP contribution in [-0.4, -0.2) is 51.6 Å². The summed E-state index contributed by atoms with van der Waals surface area (Å²) in [6.45, 7) is 0.115. The monoisotopic (exact) mass is 342 g/mol. The van der Waals surface area contributed by atoms with E-state index in [-0.39, 0.29) is 13.0 Å². The molecule has 1 aromatic rings. The van der Waals surface area contributed by atoms with E-state index in [1.165, 1.54) is 11.3 Å². The van der Waals surface area contributed by atoms with Crippen molar-refractivity contribution < 1.29 is 24.4 Å². The molecule has 3 heterocycles. The average molecular weight is 342 g/mol. The number of nitrogens with zero attached hydrogens (tertiary/aromatic N) is 2. The minimum absolute atomic E-state index is 0.0541. The Balaban J connectivity index is 1.89. The molecule has 4 rings (SSSR count). The van der Waals surface area contributed by atoms with Crippen LogP contribution in [0.4, 0.5) is 0 Å². The summed E-state index contributed by atoms with van der Waals surface area (Å²) in [7, 11) is 0. The van der Waals surface area contributed by atoms with Gasteiger partial charge in [-0.3, -0.25) is 20.2 Å². The Labute approximate surface area is 134 Å². The van der Waals surface area contributed by atoms with Crippen molar-refractivity contribution in [2.45, 2.75) is 42.4 Å². The number of thiophene rings is 1. The fourth-order valence-electron chi connectivity index (χ4n) is 4.28. The minimum atomic E-state index is -1.86. The predicted molar refractivity (Wildman–Crippen MR) is 76.3 cm³/mol. The highest BCUT2D eigenvalue weighted by Crippen LogP contribution is 2.54. The Kier molecular flexibility index (Phi) is 3.21. The lowest BCUT2D eigenvalue weighted by molar-refractivity contribution is -0.607. The maximum Gasteiger partial charge on any atom is 0.260 e. The third-order valence-corrected chi connectivity index (χ3v) is 6.13. The van der Waals surface area contributed by atoms with Gasteiger partial charge in [-0.05, 0) is 17.9 Å². The summed E-state index contributed by atoms with van der Waals surface area (Å²) in [5.74, 6) is -1.61. The molecule has 1 aromatic heterocycles. The summed E-state index contributed by atoms with van der Waals surface area (Å²) < 4.78 is 10.9. The molecule has 0 unspecified atom stereocenters. The molecular formula is C13H14N2O7S. The van der Waals surface area contributed by atoms with E-state index in [0.29, 0.717) is 4.88 Å². The van der Waals surface area contributed by atoms with Crippen LogP contribution in [0.3, 0.4) is 0 Å². The van der Waals surface area contributed by atoms with Gasteiger partial charge in [0, 0.05) is 14.7 Å². The molecule has 9 nitrogen and oxygen atoms in total. The van der Waals surface area contributed by atoms with Crippen molar-refractivity contribution in [1.82, 2.24) is 0 Å². The van der Waals surface area contributed by atoms with Crippen LogP contribution in [0.2, 0.25) is 0 Å². The largest absolute Gasteiger partial charge is 0.378 e. The fourth-order valence-corrected chi connectivity index (χ4v) is 5.18. The van der Waals surface area contributed by atoms with Crippen LogP contribution < -0.4 is 0 Å². The highest BCUT2D eigenvalue weighted by molar-refractivity contribution is 7.10. The van der Waals surface area contributed by atoms with E-state index >= 15 is 0 Å². The summed E-state index contributed by atoms with van der Waals surface area (Å²) in [6, 6.07) is 0.620. The molecular weight excluding hydrogens is 328 g/mol. The third kappa shape index (κ3) is 1.95. The maximum absolute atomic E-state index is 11.7. The first-order chi connectivity index (χ1) is 10.9. The van der Waals surface area contributed by atoms with E-state index in [0.717, 1.165) is 0 Å². The number of hydrogen-bond acceptors (Lipinski definition) is 8. The normalized spacial score (nSPS) is 44.9. The number of aliphatic hydroxyl groups is 1. The van der Waals surface area contributed by atoms with E-state index in [9.17, 15) is 25.3 Å². The molecule has 10 heteroatoms. The molecule has 0 aromatic carbocycles. The van der Waals surface area contributed by atoms with Gasteiger partial charge in [-0.1, -0.05) is 6.07 Å². The second-order valence-electron chi connectivity index (χ2n) is 6.25. The smallest absolute Gasteiger partial charge is 0.260 e. The Morgan fingerprint density at radius 3 is 2.74 bits per heavy atom. The van der Waals surface area contributed by atoms with Crippen molar-refractivity contribution in [2.75, 3.05) is 6.61 Å². The molecule has 2 saturated heterocycles. The Bertz CT molecular complexity index is 653. The molecule has 2 aliphatic heterocycles. The molecule has 0 radical (unpaired) electrons. The quantitative estimate of drug-likeness (QED) is 0.631. The van der Waals surface area contributed by atoms with Gasteiger partial charge in [0.15, 0.2) is 11.9 Å². The standard InChI is InChI=1S/C13H14N2O7S/c16-13-4-6(7-5-21-12(13)22-7)10(14(17)18)9(11(13)15(19)20)8-2-1-3-23-8/h1-3,6-7,9-12,16H,4-5H2/t6-,7+,9+,10+,11-,12-,13-/m0/s1. The number of ether oxygens (including phenoxy) is 2. The third-order valence-electron chi connectivity index (χ3n) is 5.16. The van der Waals surface area contributed by atoms with E-state index < -0.39 is 51.8 Å². The topological polar surface area (TPSA) is 125 Å². The van der Waals surface area contributed by atoms with E-state index in [1.807, 2.05) is 0 Å². The summed E-state index contributed by atoms with van der Waals surface area (Å²) in [4.78, 5) is 22.9. The molecule has 7 atom stereocenters. The van der Waals surface area contributed by atoms with Gasteiger partial charge in [-0.15, -0.1) is 11.3 Å². The van der Waals surface area contributed by atoms with Crippen LogP contribution in [0, 0.1) is 26.1 Å². The number of hydrogen-bond donors (Lipinski definition) is 1. The SMILES string of the molecule is O=[N+]([O-])[C@@H]1[C@H]2C[C@@](O)([C@H]3OC[C@H]2O3)[C@@H]([N+](=O)[O-])[C@@H]1c1cccs1. The number of fused-ring (bicyclic) bond motifs is 6. The molecule has 0 spiro atoms. The van der Waals surface area contributed by atoms with Gasteiger partial charge >= 0.3 is 0 Å². The van der Waals surface area contributed by atoms with Crippen LogP contribution in [-0.2, 0) is 9.47 Å². The number of rotatable bonds is 3. The van der Waals surface area contributed by atoms with Crippen LogP contribution in [0.5, 0.6) is 0 Å². The first kappa shape index (κ1) is 14.9. The highest BCUT2D eigenvalue weighted by atomic mass is 32.1. The fraction of sp³-hybridized carbons (Fsp3) is 0.692. The van der Waals surface area contributed by atoms with E-state index in [2.05, 4.69) is 0 Å². The lowest BCUT2D eigenvalue weighted by Crippen LogP contribution is -2.69. The first-order valence-corrected chi connectivity index (χ1v) is 8.11. The van der Waals surface area contributed by atoms with Crippen LogP contribution >= 0.6 is 11.3 Å². The molecule has 1 aliphatic carbocycles. The maximum atomic E-state index is 11.7. The molecule has 0 amide bonds. The average Bonchev–Trinajstić information content (AvgIpc) is 3.15. The predicted octanol–water partition coefficient (Wildman–Crippen LogP) is 0.628. The van der Waals surface area contributed by atoms with Gasteiger partial charge in [0.25, 0.3) is 6.04 Å². The Hall–Kier alpha value is -1.62. The van der Waals surface area contributed by atoms with E-state index in [1.54, 1.807) is 17.5 Å². The van der Waals surface area contributed by atoms with Crippen molar-refractivity contribution in [3.05, 3.63) is 42.6 Å². The van der Waals surface area contributed by atoms with Gasteiger partial charge in [0.1, 0.15) is 5.92 Å². The zero-order valence-corrected chi connectivity index (χ0v) is 12.6. The Morgan fingerprint density at radius 2 is 2.13 bits per heavy atom. The van der Waals surface area contributed by atoms with Crippen molar-refractivity contribution >= 4 is 11.3 Å². The van der Waals surface area contributed by atoms with Crippen molar-refractivity contribution in [2.24, 2.45) is 5.92 Å². The van der Waals surface area contributed by atoms with Crippen molar-refractivity contribution in [3.63, 3.8) is 0 Å². The van der Waals surface area contributed by atoms with Crippen molar-refractivity contribution in [3.8, 4) is 0 Å². The molecule has 1 saturated carbocycles. The summed E-state index contributed by atoms with van der Waals surface area (Å²) >= 11 is 1.23. The number of nitro groups is 2. The molecule has 4 bridgehead atoms. The lowest BCUT2D eigenvalue weighted by atomic mass is 9.63. The van der Waals surface area contributed by atoms with Gasteiger partial charge in [-0.2, -0.15) is 0 Å². The summed E-state index contributed by atoms with van der Waals surface area (Å²) in [6.07, 6.45) is -1.67. The summed E-state index contributed by atoms with van der Waals surface area (Å²) in [5.41, 5.74) is -1.86. The van der Waals surface area contributed by atoms with Crippen LogP contribution in [0.15, 0.2) is 17.5 Å². The van der Waals surface area contributed by atoms with Gasteiger partial charge in [0.05, 0.1) is 18.6 Å². The van der Waals surface area contributed by atoms with Gasteiger partial charge < -0.3 is 14.6 Å². The van der Waals surface area contributed by atoms with Crippen molar-refractivity contribution in [1.29, 1.82) is 0 Å². The van der Waals surface area contributed by atoms with E-state index in [4.69, 9.17) is 9.47 Å². The molecule has 23 heavy (non-hydrogen) atoms. The Morgan fingerprint density at radius 1 is 1.35 bits per heavy atom. The second-order valence-corrected chi connectivity index (χ2v) is 7.23. The molecule has 124 valence electrons. The molecule has 3 aliphatic rings. The molecule has 1 N–H and O–H groups in total. The van der Waals surface area contributed by atoms with Gasteiger partial charge in [-0.25, -0.2) is 0 Å². The van der Waals surface area contributed by atoms with Crippen LogP contribution in [0.1, 0.15) is 17.2 Å². The first-order valence-electron chi connectivity index (χ1n) is 7.23. The zero-order valence-electron chi connectivity index (χ0n) is 11.8. The van der Waals surface area contributed by atoms with Gasteiger partial charge in [0.2, 0.25) is 6.04 Å². The lowest BCUT2D eigenvalue weighted by Gasteiger charge is -2.48. The minimum Gasteiger partial charge on any atom is -0.378 e. The molecule has 3 fully saturated rings. The van der Waals surface area contributed by atoms with Crippen LogP contribution in [0.25, 0.3) is 0 Å². The summed E-state index contributed by atoms with van der Waals surface area (Å²) in [5, 5.41) is 36.1.